The van der Waals surface area contributed by atoms with E-state index >= 15 is 0 Å². The Kier molecular flexibility index (Phi) is 6.96. The Morgan fingerprint density at radius 3 is 1.06 bits per heavy atom. The molecule has 0 bridgehead atoms. The van der Waals surface area contributed by atoms with Gasteiger partial charge in [0.1, 0.15) is 0 Å². The molecule has 3 saturated heterocycles. The van der Waals surface area contributed by atoms with Crippen LogP contribution in [0.5, 0.6) is 0 Å². The minimum atomic E-state index is 0.951. The first kappa shape index (κ1) is 15.3. The van der Waals surface area contributed by atoms with Crippen molar-refractivity contribution >= 4 is 77.0 Å². The molecule has 0 radical (unpaired) electrons. The van der Waals surface area contributed by atoms with Gasteiger partial charge < -0.3 is 0 Å². The predicted molar refractivity (Wildman–Crippen MR) is 95.7 cm³/mol. The van der Waals surface area contributed by atoms with E-state index in [0.29, 0.717) is 0 Å². The molecule has 3 aliphatic rings. The van der Waals surface area contributed by atoms with Gasteiger partial charge in [0.15, 0.2) is 0 Å². The van der Waals surface area contributed by atoms with Crippen LogP contribution < -0.4 is 0 Å². The Morgan fingerprint density at radius 1 is 0.556 bits per heavy atom. The van der Waals surface area contributed by atoms with E-state index in [9.17, 15) is 0 Å². The van der Waals surface area contributed by atoms with Crippen molar-refractivity contribution in [2.75, 3.05) is 23.0 Å². The van der Waals surface area contributed by atoms with Gasteiger partial charge in [0.25, 0.3) is 0 Å². The fraction of sp³-hybridized carbons (Fsp3) is 1.00. The van der Waals surface area contributed by atoms with Crippen molar-refractivity contribution in [3.8, 4) is 0 Å². The number of hydrogen-bond donors (Lipinski definition) is 0. The molecule has 0 spiro atoms. The van der Waals surface area contributed by atoms with Crippen molar-refractivity contribution in [2.45, 2.75) is 42.3 Å². The number of rotatable bonds is 8. The maximum atomic E-state index is 2.31. The van der Waals surface area contributed by atoms with Gasteiger partial charge in [0.05, 0.1) is 0 Å². The van der Waals surface area contributed by atoms with E-state index in [0.717, 1.165) is 50.9 Å². The van der Waals surface area contributed by atoms with Crippen LogP contribution in [0.3, 0.4) is 0 Å². The van der Waals surface area contributed by atoms with E-state index in [1.54, 1.807) is 21.3 Å². The standard InChI is InChI=1S/C12H20S4Se2/c1-9(13-1)5-17-7-11-3-16-12(4-15-11)8-18-6-10-2-14-10/h9-12H,1-8H2. The summed E-state index contributed by atoms with van der Waals surface area (Å²) in [5.41, 5.74) is 0. The molecule has 18 heavy (non-hydrogen) atoms. The van der Waals surface area contributed by atoms with Crippen molar-refractivity contribution in [3.63, 3.8) is 0 Å². The Balaban J connectivity index is 1.21. The molecule has 0 amide bonds. The molecule has 0 nitrogen and oxygen atoms in total. The first-order chi connectivity index (χ1) is 8.90. The molecule has 0 aromatic carbocycles. The second-order valence-electron chi connectivity index (χ2n) is 4.90. The molecule has 3 heterocycles. The Morgan fingerprint density at radius 2 is 0.833 bits per heavy atom. The molecular weight excluding hydrogens is 430 g/mol. The molecule has 3 fully saturated rings. The average molecular weight is 450 g/mol. The summed E-state index contributed by atoms with van der Waals surface area (Å²) in [4.78, 5) is 0. The normalized spacial score (nSPS) is 38.7. The topological polar surface area (TPSA) is 0 Å². The summed E-state index contributed by atoms with van der Waals surface area (Å²) in [6.07, 6.45) is 0. The molecule has 3 rings (SSSR count). The molecule has 0 N–H and O–H groups in total. The van der Waals surface area contributed by atoms with Gasteiger partial charge in [0.2, 0.25) is 0 Å². The van der Waals surface area contributed by atoms with Gasteiger partial charge in [-0.15, -0.1) is 0 Å². The van der Waals surface area contributed by atoms with E-state index in [1.807, 2.05) is 0 Å². The van der Waals surface area contributed by atoms with E-state index in [2.05, 4.69) is 47.0 Å². The van der Waals surface area contributed by atoms with Crippen LogP contribution in [-0.2, 0) is 0 Å². The van der Waals surface area contributed by atoms with Crippen molar-refractivity contribution in [1.29, 1.82) is 0 Å². The fourth-order valence-corrected chi connectivity index (χ4v) is 14.6. The van der Waals surface area contributed by atoms with Crippen LogP contribution in [0.2, 0.25) is 21.3 Å². The third kappa shape index (κ3) is 6.05. The summed E-state index contributed by atoms with van der Waals surface area (Å²) in [6, 6.07) is 0. The number of hydrogen-bond acceptors (Lipinski definition) is 4. The van der Waals surface area contributed by atoms with Gasteiger partial charge in [-0.25, -0.2) is 0 Å². The van der Waals surface area contributed by atoms with Crippen LogP contribution in [0.4, 0.5) is 0 Å². The van der Waals surface area contributed by atoms with Crippen LogP contribution in [0.1, 0.15) is 0 Å². The summed E-state index contributed by atoms with van der Waals surface area (Å²) >= 11 is 10.9. The summed E-state index contributed by atoms with van der Waals surface area (Å²) in [6.45, 7) is 0. The Labute approximate surface area is 141 Å². The van der Waals surface area contributed by atoms with Crippen molar-refractivity contribution in [3.05, 3.63) is 0 Å². The molecule has 3 aliphatic heterocycles. The summed E-state index contributed by atoms with van der Waals surface area (Å²) in [5.74, 6) is 5.86. The third-order valence-electron chi connectivity index (χ3n) is 3.06. The van der Waals surface area contributed by atoms with E-state index in [1.165, 1.54) is 23.0 Å². The number of thioether (sulfide) groups is 4. The summed E-state index contributed by atoms with van der Waals surface area (Å²) in [7, 11) is 0. The molecule has 104 valence electrons. The molecule has 0 aromatic rings. The van der Waals surface area contributed by atoms with Crippen LogP contribution >= 0.6 is 47.0 Å². The van der Waals surface area contributed by atoms with Gasteiger partial charge in [-0.05, 0) is 0 Å². The van der Waals surface area contributed by atoms with Crippen LogP contribution in [-0.4, -0.2) is 73.9 Å². The van der Waals surface area contributed by atoms with Gasteiger partial charge in [-0.3, -0.25) is 0 Å². The molecule has 4 atom stereocenters. The zero-order valence-electron chi connectivity index (χ0n) is 10.4. The first-order valence-corrected chi connectivity index (χ1v) is 15.6. The molecule has 0 aromatic heterocycles. The SMILES string of the molecule is C1SC1C[Se]CC1CSC(C[Se]CC2CS2)CS1. The zero-order valence-corrected chi connectivity index (χ0v) is 17.1. The molecule has 4 unspecified atom stereocenters. The second-order valence-corrected chi connectivity index (χ2v) is 14.7. The van der Waals surface area contributed by atoms with Crippen molar-refractivity contribution in [1.82, 2.24) is 0 Å². The van der Waals surface area contributed by atoms with Crippen LogP contribution in [0.15, 0.2) is 0 Å². The second kappa shape index (κ2) is 8.17. The Bertz CT molecular complexity index is 224. The van der Waals surface area contributed by atoms with Crippen LogP contribution in [0, 0.1) is 0 Å². The van der Waals surface area contributed by atoms with E-state index in [-0.39, 0.29) is 0 Å². The van der Waals surface area contributed by atoms with Gasteiger partial charge in [-0.2, -0.15) is 0 Å². The molecule has 0 saturated carbocycles. The monoisotopic (exact) mass is 452 g/mol. The molecular formula is C12H20S4Se2. The van der Waals surface area contributed by atoms with Crippen LogP contribution in [0.25, 0.3) is 0 Å². The van der Waals surface area contributed by atoms with E-state index < -0.39 is 0 Å². The van der Waals surface area contributed by atoms with Gasteiger partial charge in [0, 0.05) is 0 Å². The van der Waals surface area contributed by atoms with Gasteiger partial charge in [-0.1, -0.05) is 0 Å². The van der Waals surface area contributed by atoms with Gasteiger partial charge >= 0.3 is 142 Å². The quantitative estimate of drug-likeness (QED) is 0.410. The summed E-state index contributed by atoms with van der Waals surface area (Å²) < 4.78 is 0. The van der Waals surface area contributed by atoms with Crippen molar-refractivity contribution in [2.24, 2.45) is 0 Å². The maximum absolute atomic E-state index is 2.31. The minimum absolute atomic E-state index is 0.951. The molecule has 0 aliphatic carbocycles. The zero-order chi connectivity index (χ0) is 12.2. The van der Waals surface area contributed by atoms with Crippen molar-refractivity contribution < 1.29 is 0 Å². The molecule has 6 heteroatoms. The summed E-state index contributed by atoms with van der Waals surface area (Å²) in [5, 5.41) is 10.4. The predicted octanol–water partition coefficient (Wildman–Crippen LogP) is 3.52. The average Bonchev–Trinajstić information content (AvgIpc) is 3.25. The Hall–Kier alpha value is 2.44. The first-order valence-electron chi connectivity index (χ1n) is 6.52. The third-order valence-corrected chi connectivity index (χ3v) is 15.5. The van der Waals surface area contributed by atoms with E-state index in [4.69, 9.17) is 0 Å². The fourth-order valence-electron chi connectivity index (χ4n) is 1.77.